The molecular weight excluding hydrogens is 298 g/mol. The summed E-state index contributed by atoms with van der Waals surface area (Å²) < 4.78 is 5.90. The molecule has 4 heteroatoms. The molecule has 1 aromatic heterocycles. The number of carbonyl (C=O) groups excluding carboxylic acids is 1. The zero-order valence-electron chi connectivity index (χ0n) is 13.3. The molecule has 0 atom stereocenters. The van der Waals surface area contributed by atoms with Gasteiger partial charge in [-0.2, -0.15) is 0 Å². The molecule has 2 rings (SSSR count). The fraction of sp³-hybridized carbons (Fsp3) is 0.389. The van der Waals surface area contributed by atoms with E-state index >= 15 is 0 Å². The molecule has 0 bridgehead atoms. The summed E-state index contributed by atoms with van der Waals surface area (Å²) in [6, 6.07) is 11.2. The molecule has 2 aromatic rings. The Labute approximate surface area is 136 Å². The molecule has 0 N–H and O–H groups in total. The Hall–Kier alpha value is -1.74. The van der Waals surface area contributed by atoms with Crippen LogP contribution in [0.2, 0.25) is 5.02 Å². The summed E-state index contributed by atoms with van der Waals surface area (Å²) in [5.41, 5.74) is 0.947. The summed E-state index contributed by atoms with van der Waals surface area (Å²) in [5, 5.41) is 0.690. The molecule has 1 aromatic carbocycles. The Bertz CT molecular complexity index is 616. The average molecular weight is 320 g/mol. The Morgan fingerprint density at radius 2 is 1.86 bits per heavy atom. The second-order valence-corrected chi connectivity index (χ2v) is 6.08. The molecule has 0 saturated carbocycles. The highest BCUT2D eigenvalue weighted by Crippen LogP contribution is 2.29. The van der Waals surface area contributed by atoms with Gasteiger partial charge in [-0.15, -0.1) is 0 Å². The number of hydrogen-bond acceptors (Lipinski definition) is 2. The van der Waals surface area contributed by atoms with Crippen LogP contribution in [0, 0.1) is 5.92 Å². The van der Waals surface area contributed by atoms with E-state index in [1.54, 1.807) is 4.90 Å². The number of anilines is 1. The number of nitrogens with zero attached hydrogens (tertiary/aromatic N) is 1. The number of halogens is 1. The van der Waals surface area contributed by atoms with Crippen molar-refractivity contribution in [1.82, 2.24) is 0 Å². The van der Waals surface area contributed by atoms with Crippen molar-refractivity contribution in [1.29, 1.82) is 0 Å². The van der Waals surface area contributed by atoms with Crippen LogP contribution in [-0.2, 0) is 4.79 Å². The van der Waals surface area contributed by atoms with Crippen molar-refractivity contribution < 1.29 is 9.21 Å². The summed E-state index contributed by atoms with van der Waals surface area (Å²) in [5.74, 6) is 1.38. The highest BCUT2D eigenvalue weighted by molar-refractivity contribution is 6.30. The minimum absolute atomic E-state index is 0.0547. The molecule has 0 saturated heterocycles. The Kier molecular flexibility index (Phi) is 5.67. The maximum Gasteiger partial charge on any atom is 0.231 e. The number of unbranched alkanes of at least 4 members (excludes halogenated alkanes) is 1. The van der Waals surface area contributed by atoms with E-state index in [1.807, 2.05) is 50.2 Å². The van der Waals surface area contributed by atoms with Gasteiger partial charge < -0.3 is 4.42 Å². The summed E-state index contributed by atoms with van der Waals surface area (Å²) in [7, 11) is 0. The van der Waals surface area contributed by atoms with Crippen molar-refractivity contribution >= 4 is 23.4 Å². The molecule has 0 aliphatic heterocycles. The lowest BCUT2D eigenvalue weighted by Gasteiger charge is -2.21. The number of rotatable bonds is 6. The highest BCUT2D eigenvalue weighted by Gasteiger charge is 2.21. The van der Waals surface area contributed by atoms with Crippen LogP contribution in [-0.4, -0.2) is 12.5 Å². The Balaban J connectivity index is 2.25. The molecule has 0 aliphatic carbocycles. The molecule has 0 aliphatic rings. The topological polar surface area (TPSA) is 33.5 Å². The Morgan fingerprint density at radius 1 is 1.18 bits per heavy atom. The van der Waals surface area contributed by atoms with Gasteiger partial charge in [-0.3, -0.25) is 9.69 Å². The minimum atomic E-state index is -0.0547. The molecule has 22 heavy (non-hydrogen) atoms. The second-order valence-electron chi connectivity index (χ2n) is 5.64. The van der Waals surface area contributed by atoms with Gasteiger partial charge in [0.1, 0.15) is 5.76 Å². The van der Waals surface area contributed by atoms with Gasteiger partial charge in [0.15, 0.2) is 0 Å². The molecule has 0 spiro atoms. The number of carbonyl (C=O) groups is 1. The van der Waals surface area contributed by atoms with Crippen molar-refractivity contribution in [2.45, 2.75) is 33.6 Å². The number of amides is 1. The number of benzene rings is 1. The zero-order valence-corrected chi connectivity index (χ0v) is 14.1. The largest absolute Gasteiger partial charge is 0.440 e. The van der Waals surface area contributed by atoms with E-state index in [0.29, 0.717) is 17.5 Å². The van der Waals surface area contributed by atoms with Gasteiger partial charge in [-0.1, -0.05) is 38.8 Å². The van der Waals surface area contributed by atoms with Gasteiger partial charge in [0.25, 0.3) is 0 Å². The van der Waals surface area contributed by atoms with E-state index < -0.39 is 0 Å². The molecule has 0 radical (unpaired) electrons. The maximum absolute atomic E-state index is 12.4. The summed E-state index contributed by atoms with van der Waals surface area (Å²) >= 11 is 5.90. The monoisotopic (exact) mass is 319 g/mol. The number of hydrogen-bond donors (Lipinski definition) is 0. The first-order valence-electron chi connectivity index (χ1n) is 7.70. The van der Waals surface area contributed by atoms with Gasteiger partial charge in [-0.05, 0) is 36.8 Å². The van der Waals surface area contributed by atoms with Crippen LogP contribution >= 0.6 is 11.6 Å². The third kappa shape index (κ3) is 3.92. The third-order valence-corrected chi connectivity index (χ3v) is 3.73. The van der Waals surface area contributed by atoms with Crippen LogP contribution in [0.3, 0.4) is 0 Å². The standard InChI is InChI=1S/C18H22ClNO2/c1-4-5-12-20(18(21)13(2)3)17-11-10-16(22-17)14-6-8-15(19)9-7-14/h6-11,13H,4-5,12H2,1-3H3. The third-order valence-electron chi connectivity index (χ3n) is 3.48. The van der Waals surface area contributed by atoms with E-state index in [0.717, 1.165) is 24.2 Å². The normalized spacial score (nSPS) is 11.0. The van der Waals surface area contributed by atoms with Gasteiger partial charge in [-0.25, -0.2) is 0 Å². The first-order chi connectivity index (χ1) is 10.5. The predicted molar refractivity (Wildman–Crippen MR) is 91.3 cm³/mol. The van der Waals surface area contributed by atoms with E-state index in [9.17, 15) is 4.79 Å². The van der Waals surface area contributed by atoms with E-state index in [4.69, 9.17) is 16.0 Å². The zero-order chi connectivity index (χ0) is 16.1. The van der Waals surface area contributed by atoms with Crippen LogP contribution in [0.15, 0.2) is 40.8 Å². The highest BCUT2D eigenvalue weighted by atomic mass is 35.5. The Morgan fingerprint density at radius 3 is 2.45 bits per heavy atom. The molecule has 1 heterocycles. The summed E-state index contributed by atoms with van der Waals surface area (Å²) in [6.07, 6.45) is 1.99. The van der Waals surface area contributed by atoms with Crippen LogP contribution < -0.4 is 4.90 Å². The first kappa shape index (κ1) is 16.6. The second kappa shape index (κ2) is 7.50. The van der Waals surface area contributed by atoms with Crippen LogP contribution in [0.1, 0.15) is 33.6 Å². The minimum Gasteiger partial charge on any atom is -0.440 e. The predicted octanol–water partition coefficient (Wildman–Crippen LogP) is 5.39. The smallest absolute Gasteiger partial charge is 0.231 e. The molecule has 118 valence electrons. The quantitative estimate of drug-likeness (QED) is 0.715. The van der Waals surface area contributed by atoms with Crippen molar-refractivity contribution in [3.8, 4) is 11.3 Å². The lowest BCUT2D eigenvalue weighted by Crippen LogP contribution is -2.34. The summed E-state index contributed by atoms with van der Waals surface area (Å²) in [4.78, 5) is 14.1. The lowest BCUT2D eigenvalue weighted by atomic mass is 10.2. The van der Waals surface area contributed by atoms with Gasteiger partial charge in [0, 0.05) is 29.1 Å². The van der Waals surface area contributed by atoms with Gasteiger partial charge >= 0.3 is 0 Å². The summed E-state index contributed by atoms with van der Waals surface area (Å²) in [6.45, 7) is 6.61. The molecule has 0 unspecified atom stereocenters. The maximum atomic E-state index is 12.4. The van der Waals surface area contributed by atoms with E-state index in [-0.39, 0.29) is 11.8 Å². The van der Waals surface area contributed by atoms with Crippen LogP contribution in [0.25, 0.3) is 11.3 Å². The van der Waals surface area contributed by atoms with Gasteiger partial charge in [0.05, 0.1) is 0 Å². The van der Waals surface area contributed by atoms with Gasteiger partial charge in [0.2, 0.25) is 11.8 Å². The van der Waals surface area contributed by atoms with Crippen molar-refractivity contribution in [2.75, 3.05) is 11.4 Å². The van der Waals surface area contributed by atoms with Crippen LogP contribution in [0.5, 0.6) is 0 Å². The molecular formula is C18H22ClNO2. The van der Waals surface area contributed by atoms with Crippen molar-refractivity contribution in [2.24, 2.45) is 5.92 Å². The number of furan rings is 1. The van der Waals surface area contributed by atoms with Crippen molar-refractivity contribution in [3.05, 3.63) is 41.4 Å². The average Bonchev–Trinajstić information content (AvgIpc) is 2.97. The van der Waals surface area contributed by atoms with E-state index in [2.05, 4.69) is 6.92 Å². The van der Waals surface area contributed by atoms with E-state index in [1.165, 1.54) is 0 Å². The molecule has 3 nitrogen and oxygen atoms in total. The molecule has 1 amide bonds. The first-order valence-corrected chi connectivity index (χ1v) is 8.08. The fourth-order valence-electron chi connectivity index (χ4n) is 2.20. The van der Waals surface area contributed by atoms with Crippen LogP contribution in [0.4, 0.5) is 5.88 Å². The lowest BCUT2D eigenvalue weighted by molar-refractivity contribution is -0.121. The SMILES string of the molecule is CCCCN(C(=O)C(C)C)c1ccc(-c2ccc(Cl)cc2)o1. The molecule has 0 fully saturated rings. The van der Waals surface area contributed by atoms with Crippen molar-refractivity contribution in [3.63, 3.8) is 0 Å². The fourth-order valence-corrected chi connectivity index (χ4v) is 2.32.